The van der Waals surface area contributed by atoms with E-state index in [-0.39, 0.29) is 5.91 Å². The number of aromatic nitrogens is 4. The molecule has 0 aliphatic rings. The van der Waals surface area contributed by atoms with Gasteiger partial charge in [0, 0.05) is 5.10 Å². The number of anilines is 1. The highest BCUT2D eigenvalue weighted by molar-refractivity contribution is 7.99. The van der Waals surface area contributed by atoms with Crippen LogP contribution in [0, 0.1) is 0 Å². The maximum atomic E-state index is 11.9. The Morgan fingerprint density at radius 1 is 1.50 bits per heavy atom. The van der Waals surface area contributed by atoms with Gasteiger partial charge < -0.3 is 5.32 Å². The zero-order valence-electron chi connectivity index (χ0n) is 10.7. The molecule has 0 aliphatic carbocycles. The Morgan fingerprint density at radius 2 is 2.35 bits per heavy atom. The average Bonchev–Trinajstić information content (AvgIpc) is 3.01. The molecule has 0 fully saturated rings. The Kier molecular flexibility index (Phi) is 3.66. The van der Waals surface area contributed by atoms with Crippen LogP contribution < -0.4 is 9.88 Å². The van der Waals surface area contributed by atoms with Gasteiger partial charge in [0.1, 0.15) is 0 Å². The molecule has 0 radical (unpaired) electrons. The van der Waals surface area contributed by atoms with Gasteiger partial charge in [-0.1, -0.05) is 23.5 Å². The zero-order valence-corrected chi connectivity index (χ0v) is 12.3. The lowest BCUT2D eigenvalue weighted by atomic mass is 10.3. The molecule has 0 spiro atoms. The lowest BCUT2D eigenvalue weighted by Gasteiger charge is -1.98. The van der Waals surface area contributed by atoms with Gasteiger partial charge in [0.05, 0.1) is 23.0 Å². The van der Waals surface area contributed by atoms with Crippen LogP contribution in [0.15, 0.2) is 35.7 Å². The third kappa shape index (κ3) is 2.81. The largest absolute Gasteiger partial charge is 0.301 e. The maximum absolute atomic E-state index is 11.9. The number of carbonyl (C=O) groups excluding carboxylic acids is 1. The van der Waals surface area contributed by atoms with Gasteiger partial charge in [0.15, 0.2) is 5.13 Å². The van der Waals surface area contributed by atoms with Crippen LogP contribution in [-0.4, -0.2) is 26.8 Å². The Balaban J connectivity index is 1.62. The summed E-state index contributed by atoms with van der Waals surface area (Å²) < 4.78 is 2.89. The van der Waals surface area contributed by atoms with Crippen molar-refractivity contribution in [3.05, 3.63) is 30.6 Å². The van der Waals surface area contributed by atoms with Crippen molar-refractivity contribution < 1.29 is 9.36 Å². The van der Waals surface area contributed by atoms with Crippen molar-refractivity contribution in [1.82, 2.24) is 15.2 Å². The van der Waals surface area contributed by atoms with E-state index in [1.54, 1.807) is 6.33 Å². The molecule has 0 aliphatic heterocycles. The highest BCUT2D eigenvalue weighted by Gasteiger charge is 2.12. The van der Waals surface area contributed by atoms with Crippen LogP contribution in [-0.2, 0) is 11.8 Å². The molecule has 6 nitrogen and oxygen atoms in total. The minimum absolute atomic E-state index is 0.0799. The summed E-state index contributed by atoms with van der Waals surface area (Å²) in [6.07, 6.45) is 1.66. The van der Waals surface area contributed by atoms with E-state index in [1.807, 2.05) is 35.9 Å². The fourth-order valence-corrected chi connectivity index (χ4v) is 3.24. The first-order valence-corrected chi connectivity index (χ1v) is 7.70. The van der Waals surface area contributed by atoms with Crippen molar-refractivity contribution in [2.75, 3.05) is 11.1 Å². The van der Waals surface area contributed by atoms with Crippen molar-refractivity contribution in [1.29, 1.82) is 0 Å². The summed E-state index contributed by atoms with van der Waals surface area (Å²) in [5, 5.41) is 11.0. The van der Waals surface area contributed by atoms with E-state index in [2.05, 4.69) is 20.5 Å². The quantitative estimate of drug-likeness (QED) is 0.567. The van der Waals surface area contributed by atoms with Crippen LogP contribution in [0.3, 0.4) is 0 Å². The number of hydrogen-bond donors (Lipinski definition) is 2. The standard InChI is InChI=1S/C12H11N5OS2/c1-17-7-13-16-12(17)19-6-10(18)15-11-14-8-4-2-3-5-9(8)20-11/h2-5,7H,6H2,1H3,(H,14,15,18)/p+1. The Bertz CT molecular complexity index is 718. The van der Waals surface area contributed by atoms with Crippen molar-refractivity contribution in [3.63, 3.8) is 0 Å². The van der Waals surface area contributed by atoms with Crippen molar-refractivity contribution >= 4 is 44.4 Å². The molecule has 8 heteroatoms. The number of H-pyrrole nitrogens is 1. The molecule has 0 bridgehead atoms. The van der Waals surface area contributed by atoms with Gasteiger partial charge in [0.2, 0.25) is 5.91 Å². The van der Waals surface area contributed by atoms with Gasteiger partial charge in [-0.2, -0.15) is 0 Å². The molecule has 0 atom stereocenters. The summed E-state index contributed by atoms with van der Waals surface area (Å²) in [5.41, 5.74) is 0.903. The molecule has 0 unspecified atom stereocenters. The van der Waals surface area contributed by atoms with E-state index in [0.717, 1.165) is 15.4 Å². The van der Waals surface area contributed by atoms with Gasteiger partial charge in [-0.3, -0.25) is 4.79 Å². The second kappa shape index (κ2) is 5.59. The second-order valence-electron chi connectivity index (χ2n) is 4.10. The highest BCUT2D eigenvalue weighted by Crippen LogP contribution is 2.25. The first-order chi connectivity index (χ1) is 9.72. The number of aryl methyl sites for hydroxylation is 1. The van der Waals surface area contributed by atoms with E-state index in [0.29, 0.717) is 10.9 Å². The summed E-state index contributed by atoms with van der Waals surface area (Å²) >= 11 is 2.87. The van der Waals surface area contributed by atoms with Crippen LogP contribution in [0.25, 0.3) is 10.2 Å². The molecule has 1 aromatic carbocycles. The fraction of sp³-hybridized carbons (Fsp3) is 0.167. The third-order valence-corrected chi connectivity index (χ3v) is 4.60. The fourth-order valence-electron chi connectivity index (χ4n) is 1.65. The van der Waals surface area contributed by atoms with Gasteiger partial charge in [-0.15, -0.1) is 5.10 Å². The van der Waals surface area contributed by atoms with Gasteiger partial charge in [-0.05, 0) is 23.9 Å². The molecular weight excluding hydrogens is 294 g/mol. The summed E-state index contributed by atoms with van der Waals surface area (Å²) in [6.45, 7) is 0. The minimum atomic E-state index is -0.0799. The molecule has 1 amide bonds. The predicted octanol–water partition coefficient (Wildman–Crippen LogP) is 1.57. The molecule has 0 saturated carbocycles. The number of aromatic amines is 1. The number of amides is 1. The number of benzene rings is 1. The number of hydrogen-bond acceptors (Lipinski definition) is 5. The third-order valence-electron chi connectivity index (χ3n) is 2.59. The lowest BCUT2D eigenvalue weighted by molar-refractivity contribution is -0.709. The number of rotatable bonds is 4. The van der Waals surface area contributed by atoms with E-state index in [1.165, 1.54) is 23.1 Å². The molecule has 3 rings (SSSR count). The Hall–Kier alpha value is -1.93. The molecular formula is C12H12N5OS2+. The Labute approximate surface area is 123 Å². The molecule has 102 valence electrons. The smallest absolute Gasteiger partial charge is 0.293 e. The van der Waals surface area contributed by atoms with E-state index in [4.69, 9.17) is 0 Å². The first-order valence-electron chi connectivity index (χ1n) is 5.89. The molecule has 20 heavy (non-hydrogen) atoms. The maximum Gasteiger partial charge on any atom is 0.293 e. The minimum Gasteiger partial charge on any atom is -0.301 e. The van der Waals surface area contributed by atoms with Gasteiger partial charge in [0.25, 0.3) is 11.5 Å². The van der Waals surface area contributed by atoms with Crippen LogP contribution in [0.2, 0.25) is 0 Å². The van der Waals surface area contributed by atoms with E-state index < -0.39 is 0 Å². The number of carbonyl (C=O) groups is 1. The Morgan fingerprint density at radius 3 is 3.10 bits per heavy atom. The van der Waals surface area contributed by atoms with Crippen LogP contribution in [0.4, 0.5) is 5.13 Å². The number of thioether (sulfide) groups is 1. The van der Waals surface area contributed by atoms with Crippen LogP contribution in [0.5, 0.6) is 0 Å². The van der Waals surface area contributed by atoms with Crippen molar-refractivity contribution in [2.45, 2.75) is 5.16 Å². The van der Waals surface area contributed by atoms with E-state index >= 15 is 0 Å². The summed E-state index contributed by atoms with van der Waals surface area (Å²) in [4.78, 5) is 16.3. The number of thiazole rings is 1. The number of fused-ring (bicyclic) bond motifs is 1. The first kappa shape index (κ1) is 13.1. The van der Waals surface area contributed by atoms with Crippen molar-refractivity contribution in [2.24, 2.45) is 7.05 Å². The lowest BCUT2D eigenvalue weighted by Crippen LogP contribution is -2.28. The van der Waals surface area contributed by atoms with Crippen molar-refractivity contribution in [3.8, 4) is 0 Å². The van der Waals surface area contributed by atoms with Crippen LogP contribution in [0.1, 0.15) is 0 Å². The predicted molar refractivity (Wildman–Crippen MR) is 78.7 cm³/mol. The summed E-state index contributed by atoms with van der Waals surface area (Å²) in [6, 6.07) is 7.81. The topological polar surface area (TPSA) is 74.6 Å². The zero-order chi connectivity index (χ0) is 13.9. The molecule has 2 N–H and O–H groups in total. The molecule has 3 aromatic rings. The number of para-hydroxylation sites is 1. The number of nitrogens with one attached hydrogen (secondary N) is 2. The highest BCUT2D eigenvalue weighted by atomic mass is 32.2. The molecule has 2 aromatic heterocycles. The monoisotopic (exact) mass is 306 g/mol. The second-order valence-corrected chi connectivity index (χ2v) is 6.09. The normalized spacial score (nSPS) is 10.8. The SMILES string of the molecule is C[n+]1cn[nH]c1SCC(=O)Nc1nc2ccccc2s1. The average molecular weight is 306 g/mol. The summed E-state index contributed by atoms with van der Waals surface area (Å²) in [5.74, 6) is 0.232. The molecule has 2 heterocycles. The van der Waals surface area contributed by atoms with Gasteiger partial charge >= 0.3 is 0 Å². The summed E-state index contributed by atoms with van der Waals surface area (Å²) in [7, 11) is 1.87. The van der Waals surface area contributed by atoms with Gasteiger partial charge in [-0.25, -0.2) is 9.55 Å². The number of nitrogens with zero attached hydrogens (tertiary/aromatic N) is 3. The van der Waals surface area contributed by atoms with Crippen LogP contribution >= 0.6 is 23.1 Å². The molecule has 0 saturated heterocycles. The van der Waals surface area contributed by atoms with E-state index in [9.17, 15) is 4.79 Å².